The standard InChI is InChI=1S/C31H36F6N4O2.2ClH/c1-43-26-7-11-39(12-8-26)9-4-10-40-13-14-41(25(20-40)17-22-19-38-28-6-3-2-5-27(22)28)29(42)21-15-23(30(32,33)34)18-24(16-21)31(35,36)37;;/h2-3,5-6,15-16,18-19,25-26,38H,4,7-14,17,20H2,1H3;2*1H/t25-;;/m1../s1. The van der Waals surface area contributed by atoms with E-state index < -0.39 is 41.0 Å². The average molecular weight is 684 g/mol. The van der Waals surface area contributed by atoms with Crippen LogP contribution < -0.4 is 0 Å². The number of likely N-dealkylation sites (tertiary alicyclic amines) is 1. The second-order valence-corrected chi connectivity index (χ2v) is 11.4. The lowest BCUT2D eigenvalue weighted by Crippen LogP contribution is -2.56. The number of hydrogen-bond acceptors (Lipinski definition) is 4. The van der Waals surface area contributed by atoms with Crippen LogP contribution in [0.25, 0.3) is 10.9 Å². The molecule has 2 aliphatic heterocycles. The number of aromatic amines is 1. The number of para-hydroxylation sites is 1. The Bertz CT molecular complexity index is 1380. The molecular formula is C31H38Cl2F6N4O2. The number of rotatable bonds is 8. The van der Waals surface area contributed by atoms with E-state index in [1.807, 2.05) is 30.5 Å². The quantitative estimate of drug-likeness (QED) is 0.262. The van der Waals surface area contributed by atoms with Gasteiger partial charge in [-0.2, -0.15) is 26.3 Å². The van der Waals surface area contributed by atoms with Gasteiger partial charge >= 0.3 is 12.4 Å². The van der Waals surface area contributed by atoms with Crippen molar-refractivity contribution in [2.45, 2.75) is 50.2 Å². The van der Waals surface area contributed by atoms with Crippen molar-refractivity contribution in [3.8, 4) is 0 Å². The third kappa shape index (κ3) is 9.06. The predicted molar refractivity (Wildman–Crippen MR) is 165 cm³/mol. The number of carbonyl (C=O) groups is 1. The molecule has 0 bridgehead atoms. The molecule has 1 atom stereocenters. The van der Waals surface area contributed by atoms with Gasteiger partial charge in [-0.15, -0.1) is 24.8 Å². The summed E-state index contributed by atoms with van der Waals surface area (Å²) in [6.07, 6.45) is -4.60. The first kappa shape index (κ1) is 37.0. The highest BCUT2D eigenvalue weighted by Crippen LogP contribution is 2.37. The molecule has 6 nitrogen and oxygen atoms in total. The van der Waals surface area contributed by atoms with Gasteiger partial charge in [0.25, 0.3) is 5.91 Å². The minimum absolute atomic E-state index is 0. The number of ether oxygens (including phenoxy) is 1. The first-order valence-corrected chi connectivity index (χ1v) is 14.6. The number of carbonyl (C=O) groups excluding carboxylic acids is 1. The molecule has 5 rings (SSSR count). The van der Waals surface area contributed by atoms with E-state index in [4.69, 9.17) is 4.74 Å². The summed E-state index contributed by atoms with van der Waals surface area (Å²) in [4.78, 5) is 23.0. The van der Waals surface area contributed by atoms with Gasteiger partial charge in [0, 0.05) is 68.5 Å². The number of nitrogens with zero attached hydrogens (tertiary/aromatic N) is 3. The minimum atomic E-state index is -5.03. The number of piperazine rings is 1. The number of aromatic nitrogens is 1. The molecule has 0 saturated carbocycles. The Morgan fingerprint density at radius 2 is 1.51 bits per heavy atom. The predicted octanol–water partition coefficient (Wildman–Crippen LogP) is 6.92. The molecule has 0 radical (unpaired) electrons. The van der Waals surface area contributed by atoms with Crippen LogP contribution in [-0.4, -0.2) is 90.7 Å². The molecule has 0 aliphatic carbocycles. The van der Waals surface area contributed by atoms with Crippen molar-refractivity contribution in [3.63, 3.8) is 0 Å². The van der Waals surface area contributed by atoms with E-state index in [2.05, 4.69) is 14.8 Å². The van der Waals surface area contributed by atoms with Crippen LogP contribution in [0.1, 0.15) is 46.3 Å². The molecule has 3 aromatic rings. The third-order valence-electron chi connectivity index (χ3n) is 8.61. The van der Waals surface area contributed by atoms with Crippen LogP contribution in [0.15, 0.2) is 48.7 Å². The minimum Gasteiger partial charge on any atom is -0.381 e. The highest BCUT2D eigenvalue weighted by Gasteiger charge is 2.39. The molecule has 0 spiro atoms. The van der Waals surface area contributed by atoms with Gasteiger partial charge in [-0.3, -0.25) is 9.69 Å². The Balaban J connectivity index is 0.00000276. The van der Waals surface area contributed by atoms with Crippen LogP contribution >= 0.6 is 24.8 Å². The van der Waals surface area contributed by atoms with E-state index in [-0.39, 0.29) is 37.4 Å². The number of amides is 1. The van der Waals surface area contributed by atoms with Crippen molar-refractivity contribution >= 4 is 41.6 Å². The fourth-order valence-electron chi connectivity index (χ4n) is 6.25. The van der Waals surface area contributed by atoms with Gasteiger partial charge in [0.1, 0.15) is 0 Å². The molecule has 2 saturated heterocycles. The third-order valence-corrected chi connectivity index (χ3v) is 8.61. The number of H-pyrrole nitrogens is 1. The molecule has 0 unspecified atom stereocenters. The number of nitrogens with one attached hydrogen (secondary N) is 1. The zero-order valence-corrected chi connectivity index (χ0v) is 26.4. The summed E-state index contributed by atoms with van der Waals surface area (Å²) in [6.45, 7) is 4.78. The second-order valence-electron chi connectivity index (χ2n) is 11.4. The number of hydrogen-bond donors (Lipinski definition) is 1. The normalized spacial score (nSPS) is 18.9. The first-order chi connectivity index (χ1) is 20.4. The van der Waals surface area contributed by atoms with Crippen molar-refractivity contribution in [2.24, 2.45) is 0 Å². The number of benzene rings is 2. The van der Waals surface area contributed by atoms with Gasteiger partial charge in [-0.25, -0.2) is 0 Å². The van der Waals surface area contributed by atoms with Crippen LogP contribution in [0.4, 0.5) is 26.3 Å². The Labute approximate surface area is 270 Å². The molecule has 2 fully saturated rings. The summed E-state index contributed by atoms with van der Waals surface area (Å²) in [6, 6.07) is 8.32. The molecular weight excluding hydrogens is 645 g/mol. The fourth-order valence-corrected chi connectivity index (χ4v) is 6.25. The second kappa shape index (κ2) is 15.4. The van der Waals surface area contributed by atoms with Gasteiger partial charge in [0.2, 0.25) is 0 Å². The van der Waals surface area contributed by atoms with Crippen LogP contribution in [0.3, 0.4) is 0 Å². The number of fused-ring (bicyclic) bond motifs is 1. The molecule has 250 valence electrons. The molecule has 1 amide bonds. The number of methoxy groups -OCH3 is 1. The van der Waals surface area contributed by atoms with E-state index in [9.17, 15) is 31.1 Å². The Hall–Kier alpha value is -2.51. The topological polar surface area (TPSA) is 51.8 Å². The van der Waals surface area contributed by atoms with Gasteiger partial charge in [0.05, 0.1) is 17.2 Å². The lowest BCUT2D eigenvalue weighted by molar-refractivity contribution is -0.143. The molecule has 2 aliphatic rings. The number of halogens is 8. The van der Waals surface area contributed by atoms with E-state index >= 15 is 0 Å². The van der Waals surface area contributed by atoms with Gasteiger partial charge in [0.15, 0.2) is 0 Å². The highest BCUT2D eigenvalue weighted by atomic mass is 35.5. The fraction of sp³-hybridized carbons (Fsp3) is 0.516. The van der Waals surface area contributed by atoms with E-state index in [1.165, 1.54) is 4.90 Å². The lowest BCUT2D eigenvalue weighted by atomic mass is 9.98. The zero-order chi connectivity index (χ0) is 30.8. The average Bonchev–Trinajstić information content (AvgIpc) is 3.39. The largest absolute Gasteiger partial charge is 0.416 e. The van der Waals surface area contributed by atoms with Crippen molar-refractivity contribution < 1.29 is 35.9 Å². The molecule has 1 aromatic heterocycles. The van der Waals surface area contributed by atoms with E-state index in [0.717, 1.165) is 61.9 Å². The van der Waals surface area contributed by atoms with Crippen molar-refractivity contribution in [1.29, 1.82) is 0 Å². The van der Waals surface area contributed by atoms with E-state index in [0.29, 0.717) is 37.7 Å². The van der Waals surface area contributed by atoms with Gasteiger partial charge in [-0.05, 0) is 68.6 Å². The summed E-state index contributed by atoms with van der Waals surface area (Å²) in [5.74, 6) is -0.831. The van der Waals surface area contributed by atoms with Crippen LogP contribution in [-0.2, 0) is 23.5 Å². The summed E-state index contributed by atoms with van der Waals surface area (Å²) >= 11 is 0. The number of piperidine rings is 1. The summed E-state index contributed by atoms with van der Waals surface area (Å²) in [5.41, 5.74) is -1.76. The summed E-state index contributed by atoms with van der Waals surface area (Å²) in [7, 11) is 1.74. The maximum Gasteiger partial charge on any atom is 0.416 e. The highest BCUT2D eigenvalue weighted by molar-refractivity contribution is 5.95. The molecule has 1 N–H and O–H groups in total. The molecule has 2 aromatic carbocycles. The molecule has 3 heterocycles. The summed E-state index contributed by atoms with van der Waals surface area (Å²) in [5, 5.41) is 0.963. The van der Waals surface area contributed by atoms with Crippen LogP contribution in [0.2, 0.25) is 0 Å². The van der Waals surface area contributed by atoms with E-state index in [1.54, 1.807) is 7.11 Å². The smallest absolute Gasteiger partial charge is 0.381 e. The summed E-state index contributed by atoms with van der Waals surface area (Å²) < 4.78 is 86.7. The maximum absolute atomic E-state index is 13.7. The van der Waals surface area contributed by atoms with Gasteiger partial charge in [-0.1, -0.05) is 18.2 Å². The molecule has 14 heteroatoms. The van der Waals surface area contributed by atoms with Crippen molar-refractivity contribution in [3.05, 3.63) is 70.9 Å². The number of alkyl halides is 6. The SMILES string of the molecule is COC1CCN(CCCN2CCN(C(=O)c3cc(C(F)(F)F)cc(C(F)(F)F)c3)[C@H](Cc3c[nH]c4ccccc34)C2)CC1.Cl.Cl. The zero-order valence-electron chi connectivity index (χ0n) is 24.8. The van der Waals surface area contributed by atoms with Crippen molar-refractivity contribution in [1.82, 2.24) is 19.7 Å². The monoisotopic (exact) mass is 682 g/mol. The lowest BCUT2D eigenvalue weighted by Gasteiger charge is -2.42. The van der Waals surface area contributed by atoms with Crippen LogP contribution in [0.5, 0.6) is 0 Å². The van der Waals surface area contributed by atoms with Crippen molar-refractivity contribution in [2.75, 3.05) is 52.9 Å². The Morgan fingerprint density at radius 1 is 0.889 bits per heavy atom. The Kier molecular flexibility index (Phi) is 12.6. The Morgan fingerprint density at radius 3 is 2.13 bits per heavy atom. The van der Waals surface area contributed by atoms with Gasteiger partial charge < -0.3 is 19.5 Å². The molecule has 45 heavy (non-hydrogen) atoms. The maximum atomic E-state index is 13.7. The first-order valence-electron chi connectivity index (χ1n) is 14.6. The van der Waals surface area contributed by atoms with Crippen LogP contribution in [0, 0.1) is 0 Å².